The van der Waals surface area contributed by atoms with Gasteiger partial charge in [-0.15, -0.1) is 0 Å². The minimum atomic E-state index is -0.741. The molecule has 1 aliphatic rings. The van der Waals surface area contributed by atoms with Gasteiger partial charge < -0.3 is 19.4 Å². The molecule has 3 aromatic rings. The van der Waals surface area contributed by atoms with Gasteiger partial charge >= 0.3 is 5.97 Å². The van der Waals surface area contributed by atoms with Gasteiger partial charge in [-0.3, -0.25) is 9.59 Å². The molecule has 0 saturated carbocycles. The average molecular weight is 421 g/mol. The maximum absolute atomic E-state index is 12.5. The highest BCUT2D eigenvalue weighted by Crippen LogP contribution is 2.32. The molecule has 0 aliphatic carbocycles. The SMILES string of the molecule is COc1ccc(-c2[nH]c3ccccc3c2CCC(=O)OC(C)C(=O)N2CCCC2)cc1. The second-order valence-corrected chi connectivity index (χ2v) is 7.92. The summed E-state index contributed by atoms with van der Waals surface area (Å²) in [5.41, 5.74) is 4.10. The molecule has 31 heavy (non-hydrogen) atoms. The van der Waals surface area contributed by atoms with Gasteiger partial charge in [0.25, 0.3) is 5.91 Å². The molecule has 1 saturated heterocycles. The summed E-state index contributed by atoms with van der Waals surface area (Å²) in [4.78, 5) is 30.2. The van der Waals surface area contributed by atoms with E-state index >= 15 is 0 Å². The maximum Gasteiger partial charge on any atom is 0.306 e. The van der Waals surface area contributed by atoms with E-state index in [0.717, 1.165) is 59.4 Å². The molecule has 162 valence electrons. The first-order chi connectivity index (χ1) is 15.1. The first-order valence-electron chi connectivity index (χ1n) is 10.8. The van der Waals surface area contributed by atoms with Crippen LogP contribution in [0.4, 0.5) is 0 Å². The number of carbonyl (C=O) groups is 2. The largest absolute Gasteiger partial charge is 0.497 e. The van der Waals surface area contributed by atoms with Crippen molar-refractivity contribution >= 4 is 22.8 Å². The molecule has 2 aromatic carbocycles. The number of nitrogens with zero attached hydrogens (tertiary/aromatic N) is 1. The molecule has 6 heteroatoms. The number of benzene rings is 2. The van der Waals surface area contributed by atoms with E-state index in [4.69, 9.17) is 9.47 Å². The van der Waals surface area contributed by atoms with Gasteiger partial charge in [0.1, 0.15) is 5.75 Å². The molecule has 0 spiro atoms. The Morgan fingerprint density at radius 1 is 1.06 bits per heavy atom. The van der Waals surface area contributed by atoms with Crippen LogP contribution in [0.2, 0.25) is 0 Å². The van der Waals surface area contributed by atoms with E-state index in [-0.39, 0.29) is 18.3 Å². The molecule has 0 radical (unpaired) electrons. The third-order valence-electron chi connectivity index (χ3n) is 5.85. The molecular weight excluding hydrogens is 392 g/mol. The van der Waals surface area contributed by atoms with Gasteiger partial charge in [0.2, 0.25) is 0 Å². The second-order valence-electron chi connectivity index (χ2n) is 7.92. The number of hydrogen-bond donors (Lipinski definition) is 1. The topological polar surface area (TPSA) is 71.6 Å². The summed E-state index contributed by atoms with van der Waals surface area (Å²) < 4.78 is 10.7. The lowest BCUT2D eigenvalue weighted by Crippen LogP contribution is -2.38. The molecular formula is C25H28N2O4. The number of ether oxygens (including phenoxy) is 2. The second kappa shape index (κ2) is 9.25. The van der Waals surface area contributed by atoms with Crippen LogP contribution in [0.3, 0.4) is 0 Å². The smallest absolute Gasteiger partial charge is 0.306 e. The quantitative estimate of drug-likeness (QED) is 0.578. The molecule has 6 nitrogen and oxygen atoms in total. The number of fused-ring (bicyclic) bond motifs is 1. The molecule has 1 N–H and O–H groups in total. The molecule has 1 aliphatic heterocycles. The first kappa shape index (κ1) is 21.0. The van der Waals surface area contributed by atoms with Crippen molar-refractivity contribution in [2.24, 2.45) is 0 Å². The number of aryl methyl sites for hydroxylation is 1. The zero-order chi connectivity index (χ0) is 21.8. The highest BCUT2D eigenvalue weighted by molar-refractivity contribution is 5.91. The molecule has 1 atom stereocenters. The molecule has 1 fully saturated rings. The van der Waals surface area contributed by atoms with Crippen LogP contribution in [-0.2, 0) is 20.7 Å². The summed E-state index contributed by atoms with van der Waals surface area (Å²) in [6.07, 6.45) is 2.02. The predicted molar refractivity (Wildman–Crippen MR) is 120 cm³/mol. The van der Waals surface area contributed by atoms with Gasteiger partial charge in [-0.25, -0.2) is 0 Å². The highest BCUT2D eigenvalue weighted by Gasteiger charge is 2.26. The Bertz CT molecular complexity index is 1060. The number of H-pyrrole nitrogens is 1. The Morgan fingerprint density at radius 2 is 1.77 bits per heavy atom. The number of amides is 1. The van der Waals surface area contributed by atoms with Crippen molar-refractivity contribution in [3.05, 3.63) is 54.1 Å². The van der Waals surface area contributed by atoms with Gasteiger partial charge in [-0.2, -0.15) is 0 Å². The van der Waals surface area contributed by atoms with Crippen LogP contribution in [0.15, 0.2) is 48.5 Å². The number of methoxy groups -OCH3 is 1. The van der Waals surface area contributed by atoms with Gasteiger partial charge in [-0.1, -0.05) is 18.2 Å². The molecule has 4 rings (SSSR count). The average Bonchev–Trinajstić information content (AvgIpc) is 3.45. The zero-order valence-electron chi connectivity index (χ0n) is 18.0. The molecule has 1 aromatic heterocycles. The van der Waals surface area contributed by atoms with E-state index < -0.39 is 6.10 Å². The lowest BCUT2D eigenvalue weighted by molar-refractivity contribution is -0.158. The van der Waals surface area contributed by atoms with Crippen LogP contribution < -0.4 is 4.74 Å². The van der Waals surface area contributed by atoms with Crippen molar-refractivity contribution in [1.82, 2.24) is 9.88 Å². The fourth-order valence-corrected chi connectivity index (χ4v) is 4.19. The zero-order valence-corrected chi connectivity index (χ0v) is 18.0. The number of likely N-dealkylation sites (tertiary alicyclic amines) is 1. The predicted octanol–water partition coefficient (Wildman–Crippen LogP) is 4.33. The number of para-hydroxylation sites is 1. The monoisotopic (exact) mass is 420 g/mol. The number of aromatic nitrogens is 1. The van der Waals surface area contributed by atoms with Crippen LogP contribution in [0, 0.1) is 0 Å². The van der Waals surface area contributed by atoms with E-state index in [1.807, 2.05) is 42.5 Å². The minimum Gasteiger partial charge on any atom is -0.497 e. The summed E-state index contributed by atoms with van der Waals surface area (Å²) in [5, 5.41) is 1.09. The number of carbonyl (C=O) groups excluding carboxylic acids is 2. The van der Waals surface area contributed by atoms with Crippen LogP contribution in [0.1, 0.15) is 31.7 Å². The van der Waals surface area contributed by atoms with Gasteiger partial charge in [0.05, 0.1) is 7.11 Å². The summed E-state index contributed by atoms with van der Waals surface area (Å²) >= 11 is 0. The van der Waals surface area contributed by atoms with E-state index in [1.54, 1.807) is 18.9 Å². The van der Waals surface area contributed by atoms with Gasteiger partial charge in [0, 0.05) is 36.1 Å². The third kappa shape index (κ3) is 4.58. The van der Waals surface area contributed by atoms with E-state index in [9.17, 15) is 9.59 Å². The minimum absolute atomic E-state index is 0.100. The number of nitrogens with one attached hydrogen (secondary N) is 1. The summed E-state index contributed by atoms with van der Waals surface area (Å²) in [6, 6.07) is 15.9. The summed E-state index contributed by atoms with van der Waals surface area (Å²) in [7, 11) is 1.64. The number of rotatable bonds is 7. The fraction of sp³-hybridized carbons (Fsp3) is 0.360. The normalized spacial score (nSPS) is 14.6. The Labute approximate surface area is 182 Å². The van der Waals surface area contributed by atoms with E-state index in [1.165, 1.54) is 0 Å². The summed E-state index contributed by atoms with van der Waals surface area (Å²) in [5.74, 6) is 0.338. The maximum atomic E-state index is 12.5. The van der Waals surface area contributed by atoms with Crippen molar-refractivity contribution in [2.75, 3.05) is 20.2 Å². The molecule has 0 bridgehead atoms. The van der Waals surface area contributed by atoms with E-state index in [0.29, 0.717) is 6.42 Å². The van der Waals surface area contributed by atoms with Crippen molar-refractivity contribution in [3.8, 4) is 17.0 Å². The Morgan fingerprint density at radius 3 is 2.48 bits per heavy atom. The molecule has 2 heterocycles. The Hall–Kier alpha value is -3.28. The van der Waals surface area contributed by atoms with Gasteiger partial charge in [-0.05, 0) is 67.6 Å². The van der Waals surface area contributed by atoms with Crippen LogP contribution in [0.25, 0.3) is 22.2 Å². The van der Waals surface area contributed by atoms with Crippen LogP contribution in [-0.4, -0.2) is 48.1 Å². The standard InChI is InChI=1S/C25H28N2O4/c1-17(25(29)27-15-5-6-16-27)31-23(28)14-13-21-20-7-3-4-8-22(20)26-24(21)18-9-11-19(30-2)12-10-18/h3-4,7-12,17,26H,5-6,13-16H2,1-2H3. The number of esters is 1. The molecule has 1 unspecified atom stereocenters. The Balaban J connectivity index is 1.49. The van der Waals surface area contributed by atoms with Gasteiger partial charge in [0.15, 0.2) is 6.10 Å². The lowest BCUT2D eigenvalue weighted by Gasteiger charge is -2.20. The van der Waals surface area contributed by atoms with Crippen LogP contribution >= 0.6 is 0 Å². The first-order valence-corrected chi connectivity index (χ1v) is 10.8. The lowest BCUT2D eigenvalue weighted by atomic mass is 10.0. The van der Waals surface area contributed by atoms with E-state index in [2.05, 4.69) is 11.1 Å². The molecule has 1 amide bonds. The highest BCUT2D eigenvalue weighted by atomic mass is 16.5. The third-order valence-corrected chi connectivity index (χ3v) is 5.85. The number of aromatic amines is 1. The summed E-state index contributed by atoms with van der Waals surface area (Å²) in [6.45, 7) is 3.16. The Kier molecular flexibility index (Phi) is 6.26. The fourth-order valence-electron chi connectivity index (χ4n) is 4.19. The number of hydrogen-bond acceptors (Lipinski definition) is 4. The van der Waals surface area contributed by atoms with Crippen LogP contribution in [0.5, 0.6) is 5.75 Å². The van der Waals surface area contributed by atoms with Crippen molar-refractivity contribution in [1.29, 1.82) is 0 Å². The van der Waals surface area contributed by atoms with Crippen molar-refractivity contribution in [2.45, 2.75) is 38.7 Å². The van der Waals surface area contributed by atoms with Crippen molar-refractivity contribution in [3.63, 3.8) is 0 Å². The van der Waals surface area contributed by atoms with Crippen molar-refractivity contribution < 1.29 is 19.1 Å².